The number of rotatable bonds is 7. The van der Waals surface area contributed by atoms with Gasteiger partial charge in [0.1, 0.15) is 0 Å². The zero-order valence-electron chi connectivity index (χ0n) is 10.1. The first kappa shape index (κ1) is 13.4. The van der Waals surface area contributed by atoms with Gasteiger partial charge in [-0.05, 0) is 20.8 Å². The third kappa shape index (κ3) is 3.17. The summed E-state index contributed by atoms with van der Waals surface area (Å²) in [6, 6.07) is -0.0457. The van der Waals surface area contributed by atoms with Gasteiger partial charge in [0.15, 0.2) is 6.29 Å². The second-order valence-electron chi connectivity index (χ2n) is 3.96. The lowest BCUT2D eigenvalue weighted by molar-refractivity contribution is -0.161. The van der Waals surface area contributed by atoms with E-state index in [0.29, 0.717) is 19.6 Å². The Balaban J connectivity index is 2.42. The minimum Gasteiger partial charge on any atom is -0.393 e. The Labute approximate surface area is 96.1 Å². The summed E-state index contributed by atoms with van der Waals surface area (Å²) in [4.78, 5) is 11.2. The molecule has 0 unspecified atom stereocenters. The first-order valence-corrected chi connectivity index (χ1v) is 5.81. The molecule has 3 atom stereocenters. The number of nitrogens with one attached hydrogen (secondary N) is 1. The number of aliphatic hydroxyl groups is 1. The molecule has 0 aliphatic carbocycles. The van der Waals surface area contributed by atoms with E-state index >= 15 is 0 Å². The van der Waals surface area contributed by atoms with Gasteiger partial charge in [-0.2, -0.15) is 0 Å². The van der Waals surface area contributed by atoms with Crippen molar-refractivity contribution in [3.63, 3.8) is 0 Å². The Kier molecular flexibility index (Phi) is 5.18. The SMILES string of the molecule is CCOC(C[C@H]1NC(=O)[C@@H]1[C@@H](C)O)OCC. The van der Waals surface area contributed by atoms with Crippen molar-refractivity contribution in [1.82, 2.24) is 5.32 Å². The van der Waals surface area contributed by atoms with Crippen molar-refractivity contribution < 1.29 is 19.4 Å². The van der Waals surface area contributed by atoms with E-state index in [1.54, 1.807) is 6.92 Å². The molecule has 0 aromatic rings. The van der Waals surface area contributed by atoms with E-state index in [1.807, 2.05) is 13.8 Å². The summed E-state index contributed by atoms with van der Waals surface area (Å²) >= 11 is 0. The highest BCUT2D eigenvalue weighted by molar-refractivity contribution is 5.86. The number of amides is 1. The third-order valence-electron chi connectivity index (χ3n) is 2.74. The van der Waals surface area contributed by atoms with Crippen LogP contribution in [0.1, 0.15) is 27.2 Å². The maximum Gasteiger partial charge on any atom is 0.228 e. The molecule has 0 radical (unpaired) electrons. The Morgan fingerprint density at radius 3 is 2.31 bits per heavy atom. The number of aliphatic hydroxyl groups excluding tert-OH is 1. The lowest BCUT2D eigenvalue weighted by atomic mass is 9.84. The minimum atomic E-state index is -0.623. The van der Waals surface area contributed by atoms with E-state index in [0.717, 1.165) is 0 Å². The highest BCUT2D eigenvalue weighted by Gasteiger charge is 2.43. The molecule has 5 nitrogen and oxygen atoms in total. The highest BCUT2D eigenvalue weighted by atomic mass is 16.7. The van der Waals surface area contributed by atoms with Crippen LogP contribution in [0.4, 0.5) is 0 Å². The van der Waals surface area contributed by atoms with Gasteiger partial charge in [-0.15, -0.1) is 0 Å². The summed E-state index contributed by atoms with van der Waals surface area (Å²) in [7, 11) is 0. The largest absolute Gasteiger partial charge is 0.393 e. The molecule has 1 aliphatic heterocycles. The molecule has 94 valence electrons. The fourth-order valence-corrected chi connectivity index (χ4v) is 1.98. The predicted octanol–water partition coefficient (Wildman–Crippen LogP) is 0.271. The predicted molar refractivity (Wildman–Crippen MR) is 58.8 cm³/mol. The first-order chi connectivity index (χ1) is 7.60. The molecule has 0 aromatic heterocycles. The zero-order chi connectivity index (χ0) is 12.1. The molecular formula is C11H21NO4. The first-order valence-electron chi connectivity index (χ1n) is 5.81. The van der Waals surface area contributed by atoms with E-state index in [9.17, 15) is 9.90 Å². The fraction of sp³-hybridized carbons (Fsp3) is 0.909. The maximum absolute atomic E-state index is 11.2. The number of ether oxygens (including phenoxy) is 2. The van der Waals surface area contributed by atoms with Gasteiger partial charge in [0.25, 0.3) is 0 Å². The van der Waals surface area contributed by atoms with E-state index in [-0.39, 0.29) is 24.2 Å². The summed E-state index contributed by atoms with van der Waals surface area (Å²) in [5.41, 5.74) is 0. The van der Waals surface area contributed by atoms with Crippen molar-refractivity contribution in [3.8, 4) is 0 Å². The number of hydrogen-bond acceptors (Lipinski definition) is 4. The van der Waals surface area contributed by atoms with Gasteiger partial charge in [0.2, 0.25) is 5.91 Å². The topological polar surface area (TPSA) is 67.8 Å². The quantitative estimate of drug-likeness (QED) is 0.487. The van der Waals surface area contributed by atoms with Gasteiger partial charge in [0.05, 0.1) is 12.0 Å². The van der Waals surface area contributed by atoms with E-state index in [2.05, 4.69) is 5.32 Å². The standard InChI is InChI=1S/C11H21NO4/c1-4-15-9(16-5-2)6-8-10(7(3)13)11(14)12-8/h7-10,13H,4-6H2,1-3H3,(H,12,14)/t7-,8-,10-/m1/s1. The number of carbonyl (C=O) groups is 1. The van der Waals surface area contributed by atoms with E-state index < -0.39 is 6.10 Å². The Morgan fingerprint density at radius 1 is 1.38 bits per heavy atom. The van der Waals surface area contributed by atoms with Crippen LogP contribution in [0.2, 0.25) is 0 Å². The van der Waals surface area contributed by atoms with Crippen molar-refractivity contribution in [3.05, 3.63) is 0 Å². The van der Waals surface area contributed by atoms with Crippen LogP contribution in [0.15, 0.2) is 0 Å². The molecule has 1 rings (SSSR count). The van der Waals surface area contributed by atoms with Crippen molar-refractivity contribution >= 4 is 5.91 Å². The summed E-state index contributed by atoms with van der Waals surface area (Å²) in [6.07, 6.45) is -0.340. The zero-order valence-corrected chi connectivity index (χ0v) is 10.1. The van der Waals surface area contributed by atoms with Crippen LogP contribution >= 0.6 is 0 Å². The molecular weight excluding hydrogens is 210 g/mol. The average molecular weight is 231 g/mol. The maximum atomic E-state index is 11.2. The summed E-state index contributed by atoms with van der Waals surface area (Å²) in [6.45, 7) is 6.58. The Bertz CT molecular complexity index is 226. The molecule has 16 heavy (non-hydrogen) atoms. The highest BCUT2D eigenvalue weighted by Crippen LogP contribution is 2.24. The van der Waals surface area contributed by atoms with Crippen LogP contribution in [0.25, 0.3) is 0 Å². The molecule has 5 heteroatoms. The number of carbonyl (C=O) groups excluding carboxylic acids is 1. The number of β-lactam (4-membered cyclic amide) rings is 1. The van der Waals surface area contributed by atoms with Crippen molar-refractivity contribution in [2.75, 3.05) is 13.2 Å². The van der Waals surface area contributed by atoms with Crippen LogP contribution in [-0.2, 0) is 14.3 Å². The molecule has 1 aliphatic rings. The molecule has 0 saturated carbocycles. The van der Waals surface area contributed by atoms with Crippen LogP contribution in [0, 0.1) is 5.92 Å². The van der Waals surface area contributed by atoms with Crippen LogP contribution in [0.5, 0.6) is 0 Å². The monoisotopic (exact) mass is 231 g/mol. The smallest absolute Gasteiger partial charge is 0.228 e. The average Bonchev–Trinajstić information content (AvgIpc) is 2.16. The molecule has 0 bridgehead atoms. The Morgan fingerprint density at radius 2 is 1.94 bits per heavy atom. The molecule has 0 spiro atoms. The second-order valence-corrected chi connectivity index (χ2v) is 3.96. The second kappa shape index (κ2) is 6.18. The van der Waals surface area contributed by atoms with Crippen molar-refractivity contribution in [2.24, 2.45) is 5.92 Å². The molecule has 2 N–H and O–H groups in total. The van der Waals surface area contributed by atoms with Gasteiger partial charge in [-0.3, -0.25) is 4.79 Å². The van der Waals surface area contributed by atoms with Gasteiger partial charge in [-0.1, -0.05) is 0 Å². The fourth-order valence-electron chi connectivity index (χ4n) is 1.98. The van der Waals surface area contributed by atoms with Crippen molar-refractivity contribution in [1.29, 1.82) is 0 Å². The van der Waals surface area contributed by atoms with Crippen LogP contribution in [-0.4, -0.2) is 42.7 Å². The minimum absolute atomic E-state index is 0.0457. The lowest BCUT2D eigenvalue weighted by Crippen LogP contribution is -2.62. The van der Waals surface area contributed by atoms with Gasteiger partial charge in [-0.25, -0.2) is 0 Å². The summed E-state index contributed by atoms with van der Waals surface area (Å²) in [5, 5.41) is 12.2. The number of hydrogen-bond donors (Lipinski definition) is 2. The van der Waals surface area contributed by atoms with Gasteiger partial charge in [0, 0.05) is 25.7 Å². The van der Waals surface area contributed by atoms with Crippen LogP contribution < -0.4 is 5.32 Å². The van der Waals surface area contributed by atoms with E-state index in [1.165, 1.54) is 0 Å². The molecule has 1 fully saturated rings. The molecule has 1 heterocycles. The van der Waals surface area contributed by atoms with Gasteiger partial charge < -0.3 is 19.9 Å². The van der Waals surface area contributed by atoms with Crippen molar-refractivity contribution in [2.45, 2.75) is 45.6 Å². The van der Waals surface area contributed by atoms with E-state index in [4.69, 9.17) is 9.47 Å². The molecule has 1 amide bonds. The summed E-state index contributed by atoms with van der Waals surface area (Å²) < 4.78 is 10.8. The Hall–Kier alpha value is -0.650. The summed E-state index contributed by atoms with van der Waals surface area (Å²) in [5.74, 6) is -0.421. The third-order valence-corrected chi connectivity index (χ3v) is 2.74. The molecule has 1 saturated heterocycles. The van der Waals surface area contributed by atoms with Crippen LogP contribution in [0.3, 0.4) is 0 Å². The normalized spacial score (nSPS) is 26.4. The molecule has 0 aromatic carbocycles. The van der Waals surface area contributed by atoms with Gasteiger partial charge >= 0.3 is 0 Å². The lowest BCUT2D eigenvalue weighted by Gasteiger charge is -2.39.